The van der Waals surface area contributed by atoms with Gasteiger partial charge in [0, 0.05) is 0 Å². The highest BCUT2D eigenvalue weighted by Gasteiger charge is 2.06. The molecule has 2 aromatic heterocycles. The van der Waals surface area contributed by atoms with E-state index >= 15 is 0 Å². The van der Waals surface area contributed by atoms with E-state index in [1.54, 1.807) is 10.7 Å². The molecule has 3 rings (SSSR count). The first-order valence-electron chi connectivity index (χ1n) is 5.50. The number of fused-ring (bicyclic) bond motifs is 1. The van der Waals surface area contributed by atoms with Crippen LogP contribution in [0.2, 0.25) is 5.15 Å². The topological polar surface area (TPSA) is 56.5 Å². The van der Waals surface area contributed by atoms with Crippen LogP contribution in [0, 0.1) is 6.92 Å². The summed E-state index contributed by atoms with van der Waals surface area (Å²) in [6.07, 6.45) is 0. The van der Waals surface area contributed by atoms with Crippen molar-refractivity contribution in [3.8, 4) is 0 Å². The number of aryl methyl sites for hydroxylation is 1. The Hall–Kier alpha value is -2.01. The summed E-state index contributed by atoms with van der Waals surface area (Å²) in [5.74, 6) is 0. The third kappa shape index (κ3) is 2.04. The third-order valence-corrected chi connectivity index (χ3v) is 2.87. The van der Waals surface area contributed by atoms with Gasteiger partial charge in [0.1, 0.15) is 5.52 Å². The average molecular weight is 260 g/mol. The van der Waals surface area contributed by atoms with Crippen LogP contribution >= 0.6 is 11.6 Å². The van der Waals surface area contributed by atoms with Gasteiger partial charge in [-0.1, -0.05) is 22.9 Å². The second kappa shape index (κ2) is 4.34. The molecule has 2 heterocycles. The molecule has 1 aromatic carbocycles. The van der Waals surface area contributed by atoms with Crippen molar-refractivity contribution in [2.45, 2.75) is 13.5 Å². The summed E-state index contributed by atoms with van der Waals surface area (Å²) in [6, 6.07) is 9.58. The van der Waals surface area contributed by atoms with Crippen LogP contribution in [0.4, 0.5) is 0 Å². The van der Waals surface area contributed by atoms with E-state index in [2.05, 4.69) is 26.6 Å². The summed E-state index contributed by atoms with van der Waals surface area (Å²) in [5.41, 5.74) is 3.84. The maximum atomic E-state index is 5.70. The van der Waals surface area contributed by atoms with E-state index in [1.165, 1.54) is 5.56 Å². The van der Waals surface area contributed by atoms with Gasteiger partial charge in [0.15, 0.2) is 5.15 Å². The van der Waals surface area contributed by atoms with Gasteiger partial charge in [-0.2, -0.15) is 5.10 Å². The Labute approximate surface area is 108 Å². The van der Waals surface area contributed by atoms with Gasteiger partial charge in [-0.05, 0) is 36.8 Å². The molecular weight excluding hydrogens is 250 g/mol. The van der Waals surface area contributed by atoms with E-state index in [4.69, 9.17) is 11.6 Å². The van der Waals surface area contributed by atoms with E-state index in [0.717, 1.165) is 16.7 Å². The Morgan fingerprint density at radius 2 is 2.00 bits per heavy atom. The Balaban J connectivity index is 1.99. The SMILES string of the molecule is Cc1ccc2nnn(Cc3ccc(Cl)nn3)c2c1. The van der Waals surface area contributed by atoms with Crippen LogP contribution in [0.1, 0.15) is 11.3 Å². The van der Waals surface area contributed by atoms with Gasteiger partial charge in [-0.15, -0.1) is 10.2 Å². The molecule has 0 aliphatic heterocycles. The number of halogens is 1. The summed E-state index contributed by atoms with van der Waals surface area (Å²) >= 11 is 5.70. The van der Waals surface area contributed by atoms with Gasteiger partial charge in [-0.25, -0.2) is 4.68 Å². The molecule has 0 aliphatic rings. The normalized spacial score (nSPS) is 11.0. The average Bonchev–Trinajstić information content (AvgIpc) is 2.75. The third-order valence-electron chi connectivity index (χ3n) is 2.67. The van der Waals surface area contributed by atoms with Crippen LogP contribution in [-0.2, 0) is 6.54 Å². The predicted molar refractivity (Wildman–Crippen MR) is 68.4 cm³/mol. The molecule has 0 aliphatic carbocycles. The lowest BCUT2D eigenvalue weighted by Gasteiger charge is -2.01. The minimum Gasteiger partial charge on any atom is -0.239 e. The van der Waals surface area contributed by atoms with Crippen molar-refractivity contribution in [1.82, 2.24) is 25.2 Å². The van der Waals surface area contributed by atoms with Crippen molar-refractivity contribution in [3.63, 3.8) is 0 Å². The Morgan fingerprint density at radius 3 is 2.78 bits per heavy atom. The highest BCUT2D eigenvalue weighted by atomic mass is 35.5. The fourth-order valence-electron chi connectivity index (χ4n) is 1.77. The van der Waals surface area contributed by atoms with E-state index in [-0.39, 0.29) is 0 Å². The predicted octanol–water partition coefficient (Wildman–Crippen LogP) is 2.23. The summed E-state index contributed by atoms with van der Waals surface area (Å²) in [4.78, 5) is 0. The number of hydrogen-bond donors (Lipinski definition) is 0. The van der Waals surface area contributed by atoms with Crippen LogP contribution in [0.3, 0.4) is 0 Å². The molecule has 0 atom stereocenters. The summed E-state index contributed by atoms with van der Waals surface area (Å²) < 4.78 is 1.81. The Kier molecular flexibility index (Phi) is 2.68. The second-order valence-electron chi connectivity index (χ2n) is 4.09. The number of rotatable bonds is 2. The zero-order valence-corrected chi connectivity index (χ0v) is 10.5. The molecule has 5 nitrogen and oxygen atoms in total. The maximum absolute atomic E-state index is 5.70. The number of benzene rings is 1. The van der Waals surface area contributed by atoms with Crippen molar-refractivity contribution in [3.05, 3.63) is 46.7 Å². The molecule has 6 heteroatoms. The van der Waals surface area contributed by atoms with E-state index < -0.39 is 0 Å². The van der Waals surface area contributed by atoms with Crippen LogP contribution in [-0.4, -0.2) is 25.2 Å². The highest BCUT2D eigenvalue weighted by molar-refractivity contribution is 6.29. The lowest BCUT2D eigenvalue weighted by atomic mass is 10.2. The smallest absolute Gasteiger partial charge is 0.151 e. The van der Waals surface area contributed by atoms with E-state index in [9.17, 15) is 0 Å². The molecule has 0 amide bonds. The first-order valence-corrected chi connectivity index (χ1v) is 5.88. The van der Waals surface area contributed by atoms with Crippen molar-refractivity contribution < 1.29 is 0 Å². The second-order valence-corrected chi connectivity index (χ2v) is 4.47. The standard InChI is InChI=1S/C12H10ClN5/c1-8-2-4-10-11(6-8)18(17-15-10)7-9-3-5-12(13)16-14-9/h2-6H,7H2,1H3. The lowest BCUT2D eigenvalue weighted by Crippen LogP contribution is -2.04. The van der Waals surface area contributed by atoms with Crippen LogP contribution in [0.25, 0.3) is 11.0 Å². The minimum absolute atomic E-state index is 0.387. The maximum Gasteiger partial charge on any atom is 0.151 e. The number of aromatic nitrogens is 5. The molecular formula is C12H10ClN5. The number of nitrogens with zero attached hydrogens (tertiary/aromatic N) is 5. The van der Waals surface area contributed by atoms with E-state index in [1.807, 2.05) is 25.1 Å². The van der Waals surface area contributed by atoms with Crippen LogP contribution in [0.15, 0.2) is 30.3 Å². The molecule has 0 radical (unpaired) electrons. The van der Waals surface area contributed by atoms with E-state index in [0.29, 0.717) is 11.7 Å². The zero-order valence-electron chi connectivity index (χ0n) is 9.71. The molecule has 18 heavy (non-hydrogen) atoms. The van der Waals surface area contributed by atoms with Crippen molar-refractivity contribution in [2.24, 2.45) is 0 Å². The van der Waals surface area contributed by atoms with Crippen LogP contribution < -0.4 is 0 Å². The Morgan fingerprint density at radius 1 is 1.11 bits per heavy atom. The molecule has 0 unspecified atom stereocenters. The molecule has 3 aromatic rings. The first-order chi connectivity index (χ1) is 8.72. The zero-order chi connectivity index (χ0) is 12.5. The van der Waals surface area contributed by atoms with Crippen molar-refractivity contribution in [1.29, 1.82) is 0 Å². The molecule has 0 N–H and O–H groups in total. The summed E-state index contributed by atoms with van der Waals surface area (Å²) in [6.45, 7) is 2.57. The number of hydrogen-bond acceptors (Lipinski definition) is 4. The van der Waals surface area contributed by atoms with Crippen molar-refractivity contribution >= 4 is 22.6 Å². The molecule has 0 saturated carbocycles. The lowest BCUT2D eigenvalue weighted by molar-refractivity contribution is 0.650. The highest BCUT2D eigenvalue weighted by Crippen LogP contribution is 2.14. The minimum atomic E-state index is 0.387. The van der Waals surface area contributed by atoms with Gasteiger partial charge in [0.2, 0.25) is 0 Å². The molecule has 0 spiro atoms. The van der Waals surface area contributed by atoms with Gasteiger partial charge in [0.05, 0.1) is 17.8 Å². The largest absolute Gasteiger partial charge is 0.239 e. The first kappa shape index (κ1) is 11.1. The van der Waals surface area contributed by atoms with Crippen LogP contribution in [0.5, 0.6) is 0 Å². The quantitative estimate of drug-likeness (QED) is 0.708. The summed E-state index contributed by atoms with van der Waals surface area (Å²) in [7, 11) is 0. The summed E-state index contributed by atoms with van der Waals surface area (Å²) in [5, 5.41) is 16.4. The van der Waals surface area contributed by atoms with Gasteiger partial charge in [0.25, 0.3) is 0 Å². The van der Waals surface area contributed by atoms with Gasteiger partial charge in [-0.3, -0.25) is 0 Å². The Bertz CT molecular complexity index is 689. The molecule has 0 fully saturated rings. The van der Waals surface area contributed by atoms with Crippen molar-refractivity contribution in [2.75, 3.05) is 0 Å². The monoisotopic (exact) mass is 259 g/mol. The fraction of sp³-hybridized carbons (Fsp3) is 0.167. The molecule has 90 valence electrons. The molecule has 0 saturated heterocycles. The van der Waals surface area contributed by atoms with Gasteiger partial charge >= 0.3 is 0 Å². The fourth-order valence-corrected chi connectivity index (χ4v) is 1.87. The van der Waals surface area contributed by atoms with Gasteiger partial charge < -0.3 is 0 Å². The molecule has 0 bridgehead atoms.